The first kappa shape index (κ1) is 17.5. The lowest BCUT2D eigenvalue weighted by Gasteiger charge is -2.32. The number of carboxylic acid groups (broad SMARTS) is 1. The van der Waals surface area contributed by atoms with E-state index in [1.165, 1.54) is 13.2 Å². The van der Waals surface area contributed by atoms with Gasteiger partial charge in [0.2, 0.25) is 0 Å². The van der Waals surface area contributed by atoms with Gasteiger partial charge in [-0.15, -0.1) is 0 Å². The molecule has 7 heteroatoms. The Morgan fingerprint density at radius 3 is 2.26 bits per heavy atom. The van der Waals surface area contributed by atoms with Crippen LogP contribution < -0.4 is 10.2 Å². The summed E-state index contributed by atoms with van der Waals surface area (Å²) < 4.78 is 17.1. The summed E-state index contributed by atoms with van der Waals surface area (Å²) in [6, 6.07) is 3.13. The average Bonchev–Trinajstić information content (AvgIpc) is 2.66. The van der Waals surface area contributed by atoms with E-state index >= 15 is 0 Å². The summed E-state index contributed by atoms with van der Waals surface area (Å²) in [4.78, 5) is 22.5. The van der Waals surface area contributed by atoms with Crippen molar-refractivity contribution in [3.8, 4) is 5.75 Å². The summed E-state index contributed by atoms with van der Waals surface area (Å²) in [6.45, 7) is 7.65. The molecule has 0 bridgehead atoms. The highest BCUT2D eigenvalue weighted by molar-refractivity contribution is 6.63. The van der Waals surface area contributed by atoms with E-state index < -0.39 is 24.3 Å². The fourth-order valence-electron chi connectivity index (χ4n) is 2.43. The topological polar surface area (TPSA) is 82.1 Å². The molecule has 1 aromatic carbocycles. The monoisotopic (exact) mass is 320 g/mol. The van der Waals surface area contributed by atoms with Crippen LogP contribution in [0.4, 0.5) is 0 Å². The van der Waals surface area contributed by atoms with Gasteiger partial charge >= 0.3 is 13.1 Å². The second-order valence-corrected chi connectivity index (χ2v) is 6.57. The molecule has 0 unspecified atom stereocenters. The Labute approximate surface area is 135 Å². The SMILES string of the molecule is COc1cc(C=O)c(B2OC(C)(C)C(C)(C)O2)cc1CC(=O)O. The molecular formula is C16H21BO6. The smallest absolute Gasteiger partial charge is 0.495 e. The molecule has 1 saturated heterocycles. The number of hydrogen-bond donors (Lipinski definition) is 1. The van der Waals surface area contributed by atoms with Crippen LogP contribution in [0, 0.1) is 0 Å². The van der Waals surface area contributed by atoms with Gasteiger partial charge in [0.25, 0.3) is 0 Å². The minimum Gasteiger partial charge on any atom is -0.496 e. The summed E-state index contributed by atoms with van der Waals surface area (Å²) in [6.07, 6.45) is 0.474. The third-order valence-electron chi connectivity index (χ3n) is 4.46. The molecular weight excluding hydrogens is 299 g/mol. The van der Waals surface area contributed by atoms with Crippen molar-refractivity contribution in [1.82, 2.24) is 0 Å². The molecule has 1 aromatic rings. The van der Waals surface area contributed by atoms with Crippen LogP contribution in [0.1, 0.15) is 43.6 Å². The van der Waals surface area contributed by atoms with Gasteiger partial charge in [0.05, 0.1) is 24.7 Å². The van der Waals surface area contributed by atoms with Crippen molar-refractivity contribution < 1.29 is 28.7 Å². The number of carboxylic acids is 1. The number of hydrogen-bond acceptors (Lipinski definition) is 5. The number of methoxy groups -OCH3 is 1. The van der Waals surface area contributed by atoms with Crippen molar-refractivity contribution in [2.45, 2.75) is 45.3 Å². The number of ether oxygens (including phenoxy) is 1. The molecule has 0 saturated carbocycles. The highest BCUT2D eigenvalue weighted by Crippen LogP contribution is 2.37. The number of carbonyl (C=O) groups is 2. The Bertz CT molecular complexity index is 622. The molecule has 1 aliphatic rings. The molecule has 124 valence electrons. The van der Waals surface area contributed by atoms with E-state index in [0.29, 0.717) is 28.6 Å². The Morgan fingerprint density at radius 1 is 1.26 bits per heavy atom. The molecule has 1 fully saturated rings. The van der Waals surface area contributed by atoms with Gasteiger partial charge in [-0.25, -0.2) is 0 Å². The van der Waals surface area contributed by atoms with Crippen LogP contribution in [-0.4, -0.2) is 42.8 Å². The van der Waals surface area contributed by atoms with Gasteiger partial charge in [0, 0.05) is 11.1 Å². The fraction of sp³-hybridized carbons (Fsp3) is 0.500. The Balaban J connectivity index is 2.49. The van der Waals surface area contributed by atoms with Crippen molar-refractivity contribution >= 4 is 24.8 Å². The summed E-state index contributed by atoms with van der Waals surface area (Å²) >= 11 is 0. The summed E-state index contributed by atoms with van der Waals surface area (Å²) in [5.74, 6) is -0.628. The van der Waals surface area contributed by atoms with Crippen LogP contribution in [-0.2, 0) is 20.5 Å². The van der Waals surface area contributed by atoms with Gasteiger partial charge in [-0.1, -0.05) is 6.07 Å². The second kappa shape index (κ2) is 5.98. The minimum atomic E-state index is -0.984. The molecule has 0 aliphatic carbocycles. The van der Waals surface area contributed by atoms with E-state index in [2.05, 4.69) is 0 Å². The van der Waals surface area contributed by atoms with Gasteiger partial charge < -0.3 is 19.2 Å². The maximum Gasteiger partial charge on any atom is 0.495 e. The van der Waals surface area contributed by atoms with Gasteiger partial charge in [0.15, 0.2) is 0 Å². The zero-order valence-electron chi connectivity index (χ0n) is 14.0. The van der Waals surface area contributed by atoms with E-state index in [1.54, 1.807) is 6.07 Å². The van der Waals surface area contributed by atoms with Gasteiger partial charge in [-0.2, -0.15) is 0 Å². The van der Waals surface area contributed by atoms with E-state index in [4.69, 9.17) is 19.2 Å². The lowest BCUT2D eigenvalue weighted by Crippen LogP contribution is -2.41. The molecule has 2 rings (SSSR count). The highest BCUT2D eigenvalue weighted by atomic mass is 16.7. The van der Waals surface area contributed by atoms with Crippen molar-refractivity contribution in [1.29, 1.82) is 0 Å². The van der Waals surface area contributed by atoms with Crippen LogP contribution >= 0.6 is 0 Å². The molecule has 1 N–H and O–H groups in total. The second-order valence-electron chi connectivity index (χ2n) is 6.57. The Hall–Kier alpha value is -1.86. The van der Waals surface area contributed by atoms with E-state index in [-0.39, 0.29) is 6.42 Å². The Kier molecular flexibility index (Phi) is 4.55. The number of aliphatic carboxylic acids is 1. The first-order valence-electron chi connectivity index (χ1n) is 7.34. The number of rotatable bonds is 5. The first-order valence-corrected chi connectivity index (χ1v) is 7.34. The number of aldehydes is 1. The zero-order valence-corrected chi connectivity index (χ0v) is 14.0. The molecule has 23 heavy (non-hydrogen) atoms. The van der Waals surface area contributed by atoms with Gasteiger partial charge in [-0.3, -0.25) is 9.59 Å². The summed E-state index contributed by atoms with van der Waals surface area (Å²) in [7, 11) is 0.697. The number of carbonyl (C=O) groups excluding carboxylic acids is 1. The van der Waals surface area contributed by atoms with Crippen LogP contribution in [0.5, 0.6) is 5.75 Å². The highest BCUT2D eigenvalue weighted by Gasteiger charge is 2.52. The number of benzene rings is 1. The molecule has 0 radical (unpaired) electrons. The van der Waals surface area contributed by atoms with Crippen LogP contribution in [0.15, 0.2) is 12.1 Å². The summed E-state index contributed by atoms with van der Waals surface area (Å²) in [5, 5.41) is 9.05. The molecule has 0 amide bonds. The van der Waals surface area contributed by atoms with Crippen molar-refractivity contribution in [3.05, 3.63) is 23.3 Å². The molecule has 1 heterocycles. The zero-order chi connectivity index (χ0) is 17.4. The maximum atomic E-state index is 11.4. The van der Waals surface area contributed by atoms with E-state index in [1.807, 2.05) is 27.7 Å². The predicted molar refractivity (Wildman–Crippen MR) is 85.4 cm³/mol. The van der Waals surface area contributed by atoms with Crippen LogP contribution in [0.3, 0.4) is 0 Å². The molecule has 0 spiro atoms. The quantitative estimate of drug-likeness (QED) is 0.653. The normalized spacial score (nSPS) is 18.7. The molecule has 0 aromatic heterocycles. The van der Waals surface area contributed by atoms with Crippen molar-refractivity contribution in [2.75, 3.05) is 7.11 Å². The molecule has 0 atom stereocenters. The lowest BCUT2D eigenvalue weighted by atomic mass is 9.75. The maximum absolute atomic E-state index is 11.4. The average molecular weight is 320 g/mol. The predicted octanol–water partition coefficient (Wildman–Crippen LogP) is 1.43. The third kappa shape index (κ3) is 3.25. The van der Waals surface area contributed by atoms with Gasteiger partial charge in [-0.05, 0) is 39.2 Å². The lowest BCUT2D eigenvalue weighted by molar-refractivity contribution is -0.136. The Morgan fingerprint density at radius 2 is 1.83 bits per heavy atom. The van der Waals surface area contributed by atoms with Crippen molar-refractivity contribution in [3.63, 3.8) is 0 Å². The summed E-state index contributed by atoms with van der Waals surface area (Å²) in [5.41, 5.74) is 0.232. The van der Waals surface area contributed by atoms with Gasteiger partial charge in [0.1, 0.15) is 12.0 Å². The minimum absolute atomic E-state index is 0.213. The largest absolute Gasteiger partial charge is 0.496 e. The first-order chi connectivity index (χ1) is 10.6. The van der Waals surface area contributed by atoms with E-state index in [0.717, 1.165) is 0 Å². The van der Waals surface area contributed by atoms with E-state index in [9.17, 15) is 9.59 Å². The fourth-order valence-corrected chi connectivity index (χ4v) is 2.43. The molecule has 1 aliphatic heterocycles. The van der Waals surface area contributed by atoms with Crippen LogP contribution in [0.25, 0.3) is 0 Å². The van der Waals surface area contributed by atoms with Crippen LogP contribution in [0.2, 0.25) is 0 Å². The third-order valence-corrected chi connectivity index (χ3v) is 4.46. The van der Waals surface area contributed by atoms with Crippen molar-refractivity contribution in [2.24, 2.45) is 0 Å². The molecule has 6 nitrogen and oxygen atoms in total. The standard InChI is InChI=1S/C16H21BO6/c1-15(2)16(3,4)23-17(22-15)12-6-10(8-14(19)20)13(21-5)7-11(12)9-18/h6-7,9H,8H2,1-5H3,(H,19,20).